The second-order valence-corrected chi connectivity index (χ2v) is 5.45. The van der Waals surface area contributed by atoms with Crippen LogP contribution in [0.2, 0.25) is 0 Å². The fraction of sp³-hybridized carbons (Fsp3) is 0.750. The van der Waals surface area contributed by atoms with Gasteiger partial charge in [-0.05, 0) is 18.4 Å². The van der Waals surface area contributed by atoms with Gasteiger partial charge in [0.25, 0.3) is 5.92 Å². The summed E-state index contributed by atoms with van der Waals surface area (Å²) in [5.74, 6) is -12.2. The number of hydrogen-bond donors (Lipinski definition) is 0. The summed E-state index contributed by atoms with van der Waals surface area (Å²) < 4.78 is 79.6. The number of hydrogen-bond acceptors (Lipinski definition) is 1. The van der Waals surface area contributed by atoms with E-state index in [1.165, 1.54) is 13.1 Å². The Morgan fingerprint density at radius 3 is 2.15 bits per heavy atom. The van der Waals surface area contributed by atoms with Gasteiger partial charge < -0.3 is 0 Å². The molecule has 0 spiro atoms. The van der Waals surface area contributed by atoms with Crippen LogP contribution in [-0.2, 0) is 12.5 Å². The van der Waals surface area contributed by atoms with E-state index in [0.29, 0.717) is 6.92 Å². The van der Waals surface area contributed by atoms with Gasteiger partial charge in [0.15, 0.2) is 0 Å². The van der Waals surface area contributed by atoms with Crippen LogP contribution in [0.5, 0.6) is 0 Å². The Morgan fingerprint density at radius 1 is 1.25 bits per heavy atom. The lowest BCUT2D eigenvalue weighted by atomic mass is 10.1. The van der Waals surface area contributed by atoms with Gasteiger partial charge in [0, 0.05) is 32.5 Å². The molecule has 1 aliphatic rings. The summed E-state index contributed by atoms with van der Waals surface area (Å²) in [5.41, 5.74) is -0.261. The van der Waals surface area contributed by atoms with E-state index in [1.54, 1.807) is 0 Å². The van der Waals surface area contributed by atoms with Crippen molar-refractivity contribution in [1.29, 1.82) is 0 Å². The molecule has 0 saturated heterocycles. The number of alkyl halides is 6. The summed E-state index contributed by atoms with van der Waals surface area (Å²) >= 11 is 0. The van der Waals surface area contributed by atoms with Crippen LogP contribution in [0.3, 0.4) is 0 Å². The first-order valence-electron chi connectivity index (χ1n) is 6.10. The Morgan fingerprint density at radius 2 is 1.75 bits per heavy atom. The summed E-state index contributed by atoms with van der Waals surface area (Å²) in [6, 6.07) is 0. The Kier molecular flexibility index (Phi) is 3.33. The molecule has 1 heterocycles. The molecule has 2 rings (SSSR count). The third-order valence-electron chi connectivity index (χ3n) is 3.43. The molecule has 20 heavy (non-hydrogen) atoms. The van der Waals surface area contributed by atoms with Gasteiger partial charge in [-0.15, -0.1) is 0 Å². The zero-order valence-electron chi connectivity index (χ0n) is 10.9. The average molecular weight is 300 g/mol. The van der Waals surface area contributed by atoms with Gasteiger partial charge >= 0.3 is 11.8 Å². The third-order valence-corrected chi connectivity index (χ3v) is 3.43. The maximum absolute atomic E-state index is 13.2. The third kappa shape index (κ3) is 2.64. The van der Waals surface area contributed by atoms with Crippen LogP contribution in [0.1, 0.15) is 31.0 Å². The van der Waals surface area contributed by atoms with Gasteiger partial charge in [-0.2, -0.15) is 31.4 Å². The maximum atomic E-state index is 13.2. The first-order chi connectivity index (χ1) is 8.92. The fourth-order valence-electron chi connectivity index (χ4n) is 2.54. The number of aryl methyl sites for hydroxylation is 1. The molecule has 0 atom stereocenters. The first-order valence-corrected chi connectivity index (χ1v) is 6.10. The van der Waals surface area contributed by atoms with Crippen molar-refractivity contribution in [3.63, 3.8) is 0 Å². The van der Waals surface area contributed by atoms with Gasteiger partial charge in [-0.25, -0.2) is 0 Å². The van der Waals surface area contributed by atoms with Crippen molar-refractivity contribution in [2.24, 2.45) is 5.92 Å². The number of nitrogens with zero attached hydrogens (tertiary/aromatic N) is 2. The van der Waals surface area contributed by atoms with E-state index >= 15 is 0 Å². The lowest BCUT2D eigenvalue weighted by Gasteiger charge is -2.16. The predicted octanol–water partition coefficient (Wildman–Crippen LogP) is 3.98. The molecule has 8 heteroatoms. The highest BCUT2D eigenvalue weighted by molar-refractivity contribution is 5.19. The molecular formula is C12H14F6N2. The van der Waals surface area contributed by atoms with Gasteiger partial charge in [-0.1, -0.05) is 0 Å². The SMILES string of the molecule is Cc1cn(CC2CC(F)(F)C(F)(F)C2)nc1C(C)(F)F. The molecule has 0 bridgehead atoms. The van der Waals surface area contributed by atoms with Crippen LogP contribution < -0.4 is 0 Å². The van der Waals surface area contributed by atoms with Crippen molar-refractivity contribution in [2.75, 3.05) is 0 Å². The van der Waals surface area contributed by atoms with Gasteiger partial charge in [-0.3, -0.25) is 4.68 Å². The first kappa shape index (κ1) is 15.2. The molecule has 0 unspecified atom stereocenters. The molecule has 1 aliphatic carbocycles. The van der Waals surface area contributed by atoms with E-state index in [2.05, 4.69) is 5.10 Å². The summed E-state index contributed by atoms with van der Waals surface area (Å²) in [4.78, 5) is 0. The number of rotatable bonds is 3. The monoisotopic (exact) mass is 300 g/mol. The summed E-state index contributed by atoms with van der Waals surface area (Å²) in [7, 11) is 0. The highest BCUT2D eigenvalue weighted by atomic mass is 19.3. The zero-order chi connectivity index (χ0) is 15.3. The molecule has 0 aromatic carbocycles. The van der Waals surface area contributed by atoms with Crippen LogP contribution in [0, 0.1) is 12.8 Å². The fourth-order valence-corrected chi connectivity index (χ4v) is 2.54. The molecule has 1 aromatic heterocycles. The van der Waals surface area contributed by atoms with E-state index in [1.807, 2.05) is 0 Å². The van der Waals surface area contributed by atoms with Crippen LogP contribution in [0.25, 0.3) is 0 Å². The zero-order valence-corrected chi connectivity index (χ0v) is 10.9. The molecule has 0 radical (unpaired) electrons. The number of halogens is 6. The normalized spacial score (nSPS) is 22.4. The average Bonchev–Trinajstić information content (AvgIpc) is 2.64. The Labute approximate surface area is 111 Å². The highest BCUT2D eigenvalue weighted by Gasteiger charge is 2.62. The van der Waals surface area contributed by atoms with E-state index in [9.17, 15) is 26.3 Å². The molecule has 0 aliphatic heterocycles. The van der Waals surface area contributed by atoms with Crippen molar-refractivity contribution in [3.8, 4) is 0 Å². The molecule has 1 saturated carbocycles. The summed E-state index contributed by atoms with van der Waals surface area (Å²) in [5, 5.41) is 3.62. The van der Waals surface area contributed by atoms with E-state index in [-0.39, 0.29) is 12.1 Å². The standard InChI is InChI=1S/C12H14F6N2/c1-7-5-20(19-9(7)10(2,13)14)6-8-3-11(15,16)12(17,18)4-8/h5,8H,3-4,6H2,1-2H3. The topological polar surface area (TPSA) is 17.8 Å². The Hall–Kier alpha value is -1.21. The smallest absolute Gasteiger partial charge is 0.272 e. The second kappa shape index (κ2) is 4.39. The number of aromatic nitrogens is 2. The molecule has 0 N–H and O–H groups in total. The Balaban J connectivity index is 2.13. The largest absolute Gasteiger partial charge is 0.310 e. The van der Waals surface area contributed by atoms with Crippen LogP contribution in [-0.4, -0.2) is 21.6 Å². The summed E-state index contributed by atoms with van der Waals surface area (Å²) in [6.07, 6.45) is -0.658. The quantitative estimate of drug-likeness (QED) is 0.772. The lowest BCUT2D eigenvalue weighted by molar-refractivity contribution is -0.185. The van der Waals surface area contributed by atoms with Crippen molar-refractivity contribution in [2.45, 2.75) is 51.0 Å². The van der Waals surface area contributed by atoms with Crippen molar-refractivity contribution >= 4 is 0 Å². The minimum absolute atomic E-state index is 0.203. The van der Waals surface area contributed by atoms with E-state index in [4.69, 9.17) is 0 Å². The minimum Gasteiger partial charge on any atom is -0.272 e. The molecule has 1 aromatic rings. The van der Waals surface area contributed by atoms with E-state index < -0.39 is 42.2 Å². The molecule has 0 amide bonds. The second-order valence-electron chi connectivity index (χ2n) is 5.45. The lowest BCUT2D eigenvalue weighted by Crippen LogP contribution is -2.33. The molecule has 114 valence electrons. The predicted molar refractivity (Wildman–Crippen MR) is 59.2 cm³/mol. The highest BCUT2D eigenvalue weighted by Crippen LogP contribution is 2.50. The summed E-state index contributed by atoms with van der Waals surface area (Å²) in [6.45, 7) is 1.86. The minimum atomic E-state index is -4.04. The van der Waals surface area contributed by atoms with Crippen LogP contribution >= 0.6 is 0 Å². The van der Waals surface area contributed by atoms with Gasteiger partial charge in [0.2, 0.25) is 0 Å². The maximum Gasteiger partial charge on any atom is 0.310 e. The van der Waals surface area contributed by atoms with Crippen molar-refractivity contribution in [1.82, 2.24) is 9.78 Å². The van der Waals surface area contributed by atoms with Crippen molar-refractivity contribution in [3.05, 3.63) is 17.5 Å². The van der Waals surface area contributed by atoms with E-state index in [0.717, 1.165) is 4.68 Å². The van der Waals surface area contributed by atoms with Gasteiger partial charge in [0.05, 0.1) is 0 Å². The molecule has 1 fully saturated rings. The van der Waals surface area contributed by atoms with Gasteiger partial charge in [0.1, 0.15) is 5.69 Å². The molecular weight excluding hydrogens is 286 g/mol. The molecule has 2 nitrogen and oxygen atoms in total. The Bertz CT molecular complexity index is 487. The van der Waals surface area contributed by atoms with Crippen LogP contribution in [0.15, 0.2) is 6.20 Å². The van der Waals surface area contributed by atoms with Crippen LogP contribution in [0.4, 0.5) is 26.3 Å². The van der Waals surface area contributed by atoms with Crippen molar-refractivity contribution < 1.29 is 26.3 Å².